The summed E-state index contributed by atoms with van der Waals surface area (Å²) in [6.07, 6.45) is 8.67. The quantitative estimate of drug-likeness (QED) is 0.255. The summed E-state index contributed by atoms with van der Waals surface area (Å²) in [4.78, 5) is 9.63. The van der Waals surface area contributed by atoms with Gasteiger partial charge < -0.3 is 28.9 Å². The Hall–Kier alpha value is -0.928. The normalized spacial score (nSPS) is 16.2. The second-order valence-corrected chi connectivity index (χ2v) is 8.02. The summed E-state index contributed by atoms with van der Waals surface area (Å²) < 4.78 is 18.0. The Morgan fingerprint density at radius 2 is 2.06 bits per heavy atom. The number of aromatic amines is 2. The molecular formula is C23H35FN5OPU. The smallest absolute Gasteiger partial charge is 0.455 e. The molecule has 0 aromatic carbocycles. The number of hydrogen-bond acceptors (Lipinski definition) is 3. The van der Waals surface area contributed by atoms with Crippen LogP contribution in [0.1, 0.15) is 57.2 Å². The standard InChI is InChI=1S/C22H32N5O.CH3FP.U/c1-6-15(2)20(25-21-7-10-23-26-21)13-16(3)22-17(4)27(18(5)24-22)14-19-8-11-28-12-9-19;2-1-3;/h7,13,19H,6,8-9,11-12,14H2,1-5H3,(H2,23,25,26);1H,3H2;/q2*-1;+2/b16-13-,20-15-;;. The zero-order chi connectivity index (χ0) is 22.8. The van der Waals surface area contributed by atoms with Gasteiger partial charge >= 0.3 is 31.1 Å². The van der Waals surface area contributed by atoms with Crippen LogP contribution in [0.5, 0.6) is 0 Å². The van der Waals surface area contributed by atoms with Crippen LogP contribution in [0.3, 0.4) is 0 Å². The minimum absolute atomic E-state index is 0. The second kappa shape index (κ2) is 15.1. The summed E-state index contributed by atoms with van der Waals surface area (Å²) in [5.41, 5.74) is 6.41. The number of halogens is 1. The molecule has 0 bridgehead atoms. The van der Waals surface area contributed by atoms with Crippen LogP contribution in [0, 0.1) is 63.5 Å². The Morgan fingerprint density at radius 3 is 2.62 bits per heavy atom. The summed E-state index contributed by atoms with van der Waals surface area (Å²) >= 11 is 0. The molecule has 32 heavy (non-hydrogen) atoms. The van der Waals surface area contributed by atoms with Crippen molar-refractivity contribution >= 4 is 14.8 Å². The average Bonchev–Trinajstić information content (AvgIpc) is 3.37. The molecule has 1 aliphatic rings. The van der Waals surface area contributed by atoms with E-state index in [1.165, 1.54) is 11.3 Å². The zero-order valence-corrected chi connectivity index (χ0v) is 25.1. The van der Waals surface area contributed by atoms with Crippen molar-refractivity contribution in [2.75, 3.05) is 13.2 Å². The molecule has 0 spiro atoms. The van der Waals surface area contributed by atoms with Crippen molar-refractivity contribution in [3.05, 3.63) is 58.7 Å². The molecule has 3 rings (SSSR count). The van der Waals surface area contributed by atoms with Crippen LogP contribution in [0.2, 0.25) is 0 Å². The topological polar surface area (TPSA) is 71.0 Å². The SMILES string of the molecule is CC/C(C)=C(/C=C(/C)c1nc(C)n(CC2CCOCC2)c1C)N=c1c[c-][nH][nH]1.F[CH-]P.[U+2]. The van der Waals surface area contributed by atoms with Crippen molar-refractivity contribution < 1.29 is 40.2 Å². The molecule has 1 atom stereocenters. The Morgan fingerprint density at radius 1 is 1.41 bits per heavy atom. The minimum atomic E-state index is 0. The molecule has 1 unspecified atom stereocenters. The molecule has 0 aliphatic carbocycles. The number of H-pyrrole nitrogens is 2. The van der Waals surface area contributed by atoms with Gasteiger partial charge in [0.15, 0.2) is 0 Å². The maximum absolute atomic E-state index is 10.1. The second-order valence-electron chi connectivity index (χ2n) is 7.77. The number of rotatable bonds is 6. The van der Waals surface area contributed by atoms with Crippen molar-refractivity contribution in [2.24, 2.45) is 10.9 Å². The Kier molecular flexibility index (Phi) is 13.7. The molecule has 3 heterocycles. The molecule has 174 valence electrons. The molecule has 6 nitrogen and oxygen atoms in total. The van der Waals surface area contributed by atoms with Crippen LogP contribution in [-0.4, -0.2) is 33.0 Å². The molecule has 0 amide bonds. The molecule has 2 aromatic rings. The molecule has 0 saturated carbocycles. The third-order valence-corrected chi connectivity index (χ3v) is 5.60. The number of nitrogens with one attached hydrogen (secondary N) is 2. The van der Waals surface area contributed by atoms with E-state index in [1.54, 1.807) is 9.24 Å². The fraction of sp³-hybridized carbons (Fsp3) is 0.522. The number of imidazole rings is 1. The predicted octanol–water partition coefficient (Wildman–Crippen LogP) is 5.02. The first-order valence-electron chi connectivity index (χ1n) is 10.7. The first-order chi connectivity index (χ1) is 14.9. The Labute approximate surface area is 217 Å². The van der Waals surface area contributed by atoms with Gasteiger partial charge in [0, 0.05) is 31.1 Å². The third kappa shape index (κ3) is 8.45. The van der Waals surface area contributed by atoms with Crippen LogP contribution in [0.15, 0.2) is 28.4 Å². The largest absolute Gasteiger partial charge is 2.00 e. The van der Waals surface area contributed by atoms with Gasteiger partial charge in [-0.05, 0) is 75.6 Å². The van der Waals surface area contributed by atoms with E-state index in [4.69, 9.17) is 14.7 Å². The fourth-order valence-corrected chi connectivity index (χ4v) is 3.64. The molecule has 1 fully saturated rings. The number of aromatic nitrogens is 4. The molecule has 2 N–H and O–H groups in total. The summed E-state index contributed by atoms with van der Waals surface area (Å²) in [7, 11) is 1.79. The first-order valence-corrected chi connectivity index (χ1v) is 11.4. The monoisotopic (exact) mass is 685 g/mol. The fourth-order valence-electron chi connectivity index (χ4n) is 3.64. The van der Waals surface area contributed by atoms with Crippen molar-refractivity contribution in [2.45, 2.75) is 60.4 Å². The summed E-state index contributed by atoms with van der Waals surface area (Å²) in [5, 5.41) is 5.81. The Balaban J connectivity index is 0.00000121. The van der Waals surface area contributed by atoms with Gasteiger partial charge in [0.05, 0.1) is 5.69 Å². The van der Waals surface area contributed by atoms with E-state index in [0.29, 0.717) is 12.3 Å². The molecule has 0 radical (unpaired) electrons. The number of allylic oxidation sites excluding steroid dienone is 3. The Bertz CT molecular complexity index is 937. The van der Waals surface area contributed by atoms with Gasteiger partial charge in [-0.25, -0.2) is 4.98 Å². The van der Waals surface area contributed by atoms with Gasteiger partial charge in [-0.2, -0.15) is 12.3 Å². The molecular weight excluding hydrogens is 650 g/mol. The summed E-state index contributed by atoms with van der Waals surface area (Å²) in [6, 6.07) is 1.81. The van der Waals surface area contributed by atoms with Gasteiger partial charge in [0.2, 0.25) is 0 Å². The van der Waals surface area contributed by atoms with Crippen molar-refractivity contribution in [1.82, 2.24) is 19.7 Å². The van der Waals surface area contributed by atoms with Crippen molar-refractivity contribution in [3.63, 3.8) is 0 Å². The van der Waals surface area contributed by atoms with E-state index in [-0.39, 0.29) is 31.1 Å². The van der Waals surface area contributed by atoms with Gasteiger partial charge in [0.25, 0.3) is 0 Å². The van der Waals surface area contributed by atoms with E-state index >= 15 is 0 Å². The molecule has 2 aromatic heterocycles. The zero-order valence-electron chi connectivity index (χ0n) is 19.8. The molecule has 1 aliphatic heterocycles. The van der Waals surface area contributed by atoms with E-state index in [0.717, 1.165) is 67.3 Å². The minimum Gasteiger partial charge on any atom is -0.455 e. The van der Waals surface area contributed by atoms with Gasteiger partial charge in [-0.15, -0.1) is 6.42 Å². The van der Waals surface area contributed by atoms with Gasteiger partial charge in [-0.1, -0.05) is 6.92 Å². The molecule has 9 heteroatoms. The van der Waals surface area contributed by atoms with E-state index in [1.807, 2.05) is 6.07 Å². The van der Waals surface area contributed by atoms with Gasteiger partial charge in [-0.3, -0.25) is 9.24 Å². The maximum atomic E-state index is 10.1. The van der Waals surface area contributed by atoms with E-state index in [2.05, 4.69) is 61.7 Å². The summed E-state index contributed by atoms with van der Waals surface area (Å²) in [5.74, 6) is 1.75. The number of nitrogens with zero attached hydrogens (tertiary/aromatic N) is 3. The van der Waals surface area contributed by atoms with Crippen LogP contribution in [0.25, 0.3) is 5.57 Å². The average molecular weight is 686 g/mol. The van der Waals surface area contributed by atoms with Crippen LogP contribution in [0.4, 0.5) is 4.39 Å². The van der Waals surface area contributed by atoms with Crippen LogP contribution < -0.4 is 5.49 Å². The number of ether oxygens (including phenoxy) is 1. The van der Waals surface area contributed by atoms with Crippen molar-refractivity contribution in [1.29, 1.82) is 0 Å². The van der Waals surface area contributed by atoms with Crippen LogP contribution in [-0.2, 0) is 11.3 Å². The summed E-state index contributed by atoms with van der Waals surface area (Å²) in [6.45, 7) is 13.5. The predicted molar refractivity (Wildman–Crippen MR) is 127 cm³/mol. The molecule has 1 saturated heterocycles. The maximum Gasteiger partial charge on any atom is 2.00 e. The van der Waals surface area contributed by atoms with Gasteiger partial charge in [0.1, 0.15) is 5.82 Å². The van der Waals surface area contributed by atoms with Crippen molar-refractivity contribution in [3.8, 4) is 0 Å². The third-order valence-electron chi connectivity index (χ3n) is 5.60. The first kappa shape index (κ1) is 29.1. The van der Waals surface area contributed by atoms with E-state index in [9.17, 15) is 4.39 Å². The van der Waals surface area contributed by atoms with E-state index < -0.39 is 0 Å². The number of hydrogen-bond donors (Lipinski definition) is 2. The number of aryl methyl sites for hydroxylation is 1. The van der Waals surface area contributed by atoms with Crippen LogP contribution >= 0.6 is 9.24 Å².